The van der Waals surface area contributed by atoms with Crippen molar-refractivity contribution in [3.05, 3.63) is 12.2 Å². The Kier molecular flexibility index (Phi) is 43.8. The number of nitrogens with one attached hydrogen (secondary N) is 1. The first-order valence-corrected chi connectivity index (χ1v) is 28.6. The maximum Gasteiger partial charge on any atom is 0.249 e. The highest BCUT2D eigenvalue weighted by Crippen LogP contribution is 2.23. The topological polar surface area (TPSA) is 189 Å². The van der Waals surface area contributed by atoms with Crippen molar-refractivity contribution in [2.45, 2.75) is 326 Å². The number of aliphatic hydroxyl groups is 7. The van der Waals surface area contributed by atoms with Crippen LogP contribution >= 0.6 is 0 Å². The minimum atomic E-state index is -1.66. The number of rotatable bonds is 49. The maximum absolute atomic E-state index is 13.1. The Morgan fingerprint density at radius 2 is 0.866 bits per heavy atom. The number of hydrogen-bond acceptors (Lipinski definition) is 10. The van der Waals surface area contributed by atoms with Crippen LogP contribution in [0, 0.1) is 0 Å². The van der Waals surface area contributed by atoms with Crippen molar-refractivity contribution in [3.63, 3.8) is 0 Å². The molecular weight excluding hydrogens is 847 g/mol. The predicted molar refractivity (Wildman–Crippen MR) is 275 cm³/mol. The maximum atomic E-state index is 13.1. The molecule has 1 rings (SSSR count). The van der Waals surface area contributed by atoms with Crippen LogP contribution in [-0.2, 0) is 14.3 Å². The van der Waals surface area contributed by atoms with Crippen LogP contribution in [0.4, 0.5) is 0 Å². The van der Waals surface area contributed by atoms with E-state index in [1.165, 1.54) is 180 Å². The standard InChI is InChI=1S/C56H109NO10/c1-3-5-7-9-11-13-15-16-17-18-19-20-21-22-23-24-25-26-27-28-29-30-31-32-34-35-37-39-41-43-48(59)51(61)47(46-66-56-54(64)53(63)52(62)50(45-58)67-56)57-55(65)49(60)44-42-40-38-36-33-14-12-10-8-6-4-2/h12,14,47-54,56,58-64H,3-11,13,15-46H2,1-2H3,(H,57,65)/b14-12-. The molecule has 8 N–H and O–H groups in total. The molecule has 1 saturated heterocycles. The number of hydrogen-bond donors (Lipinski definition) is 8. The Labute approximate surface area is 411 Å². The summed E-state index contributed by atoms with van der Waals surface area (Å²) in [5.74, 6) is -0.704. The molecule has 0 saturated carbocycles. The number of allylic oxidation sites excluding steroid dienone is 2. The molecule has 9 atom stereocenters. The van der Waals surface area contributed by atoms with E-state index >= 15 is 0 Å². The molecule has 0 aromatic carbocycles. The molecule has 1 fully saturated rings. The highest BCUT2D eigenvalue weighted by molar-refractivity contribution is 5.80. The molecule has 0 aliphatic carbocycles. The summed E-state index contributed by atoms with van der Waals surface area (Å²) < 4.78 is 11.1. The number of amides is 1. The van der Waals surface area contributed by atoms with Crippen molar-refractivity contribution >= 4 is 5.91 Å². The molecule has 9 unspecified atom stereocenters. The molecule has 1 aliphatic rings. The number of aliphatic hydroxyl groups excluding tert-OH is 7. The fourth-order valence-corrected chi connectivity index (χ4v) is 9.38. The van der Waals surface area contributed by atoms with E-state index in [1.54, 1.807) is 0 Å². The van der Waals surface area contributed by atoms with Gasteiger partial charge in [0.1, 0.15) is 36.6 Å². The van der Waals surface area contributed by atoms with Gasteiger partial charge in [0.25, 0.3) is 0 Å². The van der Waals surface area contributed by atoms with E-state index in [2.05, 4.69) is 31.3 Å². The van der Waals surface area contributed by atoms with Gasteiger partial charge < -0.3 is 50.5 Å². The molecule has 1 amide bonds. The third kappa shape index (κ3) is 34.8. The predicted octanol–water partition coefficient (Wildman–Crippen LogP) is 11.6. The van der Waals surface area contributed by atoms with Gasteiger partial charge in [0.15, 0.2) is 6.29 Å². The van der Waals surface area contributed by atoms with Gasteiger partial charge in [-0.15, -0.1) is 0 Å². The van der Waals surface area contributed by atoms with Crippen molar-refractivity contribution in [2.75, 3.05) is 13.2 Å². The molecule has 0 radical (unpaired) electrons. The highest BCUT2D eigenvalue weighted by atomic mass is 16.7. The minimum absolute atomic E-state index is 0.247. The normalized spacial score (nSPS) is 20.6. The second-order valence-electron chi connectivity index (χ2n) is 20.4. The fourth-order valence-electron chi connectivity index (χ4n) is 9.38. The van der Waals surface area contributed by atoms with E-state index in [1.807, 2.05) is 0 Å². The SMILES string of the molecule is CCCCC/C=C\CCCCCCC(O)C(=O)NC(COC1OC(CO)C(O)C(O)C1O)C(O)C(O)CCCCCCCCCCCCCCCCCCCCCCCCCCCCCCC. The Morgan fingerprint density at radius 3 is 1.28 bits per heavy atom. The van der Waals surface area contributed by atoms with Crippen LogP contribution < -0.4 is 5.32 Å². The summed E-state index contributed by atoms with van der Waals surface area (Å²) in [6.45, 7) is 3.43. The molecule has 0 aromatic rings. The van der Waals surface area contributed by atoms with Gasteiger partial charge in [0, 0.05) is 0 Å². The van der Waals surface area contributed by atoms with Crippen LogP contribution in [0.25, 0.3) is 0 Å². The Bertz CT molecular complexity index is 1100. The monoisotopic (exact) mass is 956 g/mol. The van der Waals surface area contributed by atoms with Gasteiger partial charge in [-0.2, -0.15) is 0 Å². The number of ether oxygens (including phenoxy) is 2. The Balaban J connectivity index is 2.22. The second kappa shape index (κ2) is 46.0. The second-order valence-corrected chi connectivity index (χ2v) is 20.4. The van der Waals surface area contributed by atoms with Gasteiger partial charge in [-0.3, -0.25) is 4.79 Å². The number of unbranched alkanes of at least 4 members (excludes halogenated alkanes) is 35. The smallest absolute Gasteiger partial charge is 0.249 e. The average Bonchev–Trinajstić information content (AvgIpc) is 3.33. The molecule has 1 aliphatic heterocycles. The molecular formula is C56H109NO10. The van der Waals surface area contributed by atoms with Gasteiger partial charge in [0.2, 0.25) is 5.91 Å². The molecule has 11 nitrogen and oxygen atoms in total. The van der Waals surface area contributed by atoms with E-state index in [9.17, 15) is 40.5 Å². The summed E-state index contributed by atoms with van der Waals surface area (Å²) in [5, 5.41) is 75.9. The summed E-state index contributed by atoms with van der Waals surface area (Å²) in [4.78, 5) is 13.1. The van der Waals surface area contributed by atoms with Crippen molar-refractivity contribution < 1.29 is 50.0 Å². The van der Waals surface area contributed by atoms with Crippen LogP contribution in [0.1, 0.15) is 271 Å². The van der Waals surface area contributed by atoms with E-state index in [4.69, 9.17) is 9.47 Å². The van der Waals surface area contributed by atoms with Crippen LogP contribution in [0.3, 0.4) is 0 Å². The molecule has 67 heavy (non-hydrogen) atoms. The molecule has 11 heteroatoms. The van der Waals surface area contributed by atoms with Crippen LogP contribution in [-0.4, -0.2) is 110 Å². The summed E-state index contributed by atoms with van der Waals surface area (Å²) >= 11 is 0. The van der Waals surface area contributed by atoms with Gasteiger partial charge in [0.05, 0.1) is 25.4 Å². The lowest BCUT2D eigenvalue weighted by Crippen LogP contribution is -2.60. The largest absolute Gasteiger partial charge is 0.394 e. The minimum Gasteiger partial charge on any atom is -0.394 e. The van der Waals surface area contributed by atoms with Crippen molar-refractivity contribution in [1.29, 1.82) is 0 Å². The first-order chi connectivity index (χ1) is 32.7. The van der Waals surface area contributed by atoms with Crippen molar-refractivity contribution in [3.8, 4) is 0 Å². The Morgan fingerprint density at radius 1 is 0.507 bits per heavy atom. The summed E-state index contributed by atoms with van der Waals surface area (Å²) in [6, 6.07) is -1.17. The van der Waals surface area contributed by atoms with Gasteiger partial charge >= 0.3 is 0 Å². The number of carbonyl (C=O) groups excluding carboxylic acids is 1. The van der Waals surface area contributed by atoms with Crippen LogP contribution in [0.2, 0.25) is 0 Å². The van der Waals surface area contributed by atoms with E-state index < -0.39 is 74.2 Å². The summed E-state index contributed by atoms with van der Waals surface area (Å²) in [7, 11) is 0. The molecule has 0 aromatic heterocycles. The van der Waals surface area contributed by atoms with Gasteiger partial charge in [-0.1, -0.05) is 244 Å². The van der Waals surface area contributed by atoms with E-state index in [-0.39, 0.29) is 6.42 Å². The Hall–Kier alpha value is -1.15. The lowest BCUT2D eigenvalue weighted by molar-refractivity contribution is -0.303. The first kappa shape index (κ1) is 63.9. The van der Waals surface area contributed by atoms with Gasteiger partial charge in [-0.25, -0.2) is 0 Å². The zero-order valence-corrected chi connectivity index (χ0v) is 43.4. The first-order valence-electron chi connectivity index (χ1n) is 28.6. The van der Waals surface area contributed by atoms with Gasteiger partial charge in [-0.05, 0) is 38.5 Å². The lowest BCUT2D eigenvalue weighted by Gasteiger charge is -2.40. The lowest BCUT2D eigenvalue weighted by atomic mass is 9.98. The third-order valence-corrected chi connectivity index (χ3v) is 14.1. The quantitative estimate of drug-likeness (QED) is 0.0215. The molecule has 398 valence electrons. The van der Waals surface area contributed by atoms with E-state index in [0.29, 0.717) is 19.3 Å². The van der Waals surface area contributed by atoms with Crippen molar-refractivity contribution in [1.82, 2.24) is 5.32 Å². The molecule has 0 bridgehead atoms. The van der Waals surface area contributed by atoms with E-state index in [0.717, 1.165) is 51.4 Å². The van der Waals surface area contributed by atoms with Crippen LogP contribution in [0.5, 0.6) is 0 Å². The number of carbonyl (C=O) groups is 1. The average molecular weight is 956 g/mol. The zero-order valence-electron chi connectivity index (χ0n) is 43.4. The molecule has 1 heterocycles. The summed E-state index contributed by atoms with van der Waals surface area (Å²) in [6.07, 6.45) is 41.5. The fraction of sp³-hybridized carbons (Fsp3) is 0.946. The zero-order chi connectivity index (χ0) is 49.0. The summed E-state index contributed by atoms with van der Waals surface area (Å²) in [5.41, 5.74) is 0. The van der Waals surface area contributed by atoms with Crippen LogP contribution in [0.15, 0.2) is 12.2 Å². The molecule has 0 spiro atoms. The van der Waals surface area contributed by atoms with Crippen molar-refractivity contribution in [2.24, 2.45) is 0 Å². The highest BCUT2D eigenvalue weighted by Gasteiger charge is 2.44. The third-order valence-electron chi connectivity index (χ3n) is 14.1.